The molecule has 0 aliphatic carbocycles. The number of ether oxygens (including phenoxy) is 1. The SMILES string of the molecule is CC1CCN(CC2(C=O)CCOC2)C1. The lowest BCUT2D eigenvalue weighted by molar-refractivity contribution is -0.117. The second-order valence-electron chi connectivity index (χ2n) is 4.91. The van der Waals surface area contributed by atoms with E-state index in [4.69, 9.17) is 4.74 Å². The third-order valence-electron chi connectivity index (χ3n) is 3.43. The van der Waals surface area contributed by atoms with Gasteiger partial charge in [-0.25, -0.2) is 0 Å². The van der Waals surface area contributed by atoms with E-state index in [0.29, 0.717) is 6.61 Å². The average Bonchev–Trinajstić information content (AvgIpc) is 2.77. The van der Waals surface area contributed by atoms with Crippen molar-refractivity contribution in [1.29, 1.82) is 0 Å². The Morgan fingerprint density at radius 3 is 3.00 bits per heavy atom. The van der Waals surface area contributed by atoms with E-state index in [0.717, 1.165) is 44.9 Å². The van der Waals surface area contributed by atoms with Crippen LogP contribution in [0.4, 0.5) is 0 Å². The zero-order valence-electron chi connectivity index (χ0n) is 8.87. The van der Waals surface area contributed by atoms with E-state index in [9.17, 15) is 4.79 Å². The predicted octanol–water partition coefficient (Wildman–Crippen LogP) is 0.934. The predicted molar refractivity (Wildman–Crippen MR) is 54.2 cm³/mol. The van der Waals surface area contributed by atoms with Gasteiger partial charge in [0.1, 0.15) is 6.29 Å². The van der Waals surface area contributed by atoms with Gasteiger partial charge in [0.15, 0.2) is 0 Å². The first-order valence-corrected chi connectivity index (χ1v) is 5.50. The van der Waals surface area contributed by atoms with Gasteiger partial charge in [-0.15, -0.1) is 0 Å². The second kappa shape index (κ2) is 3.99. The van der Waals surface area contributed by atoms with Crippen LogP contribution >= 0.6 is 0 Å². The molecule has 14 heavy (non-hydrogen) atoms. The van der Waals surface area contributed by atoms with Gasteiger partial charge in [0, 0.05) is 19.7 Å². The zero-order valence-corrected chi connectivity index (χ0v) is 8.87. The molecule has 2 aliphatic rings. The van der Waals surface area contributed by atoms with Gasteiger partial charge in [0.05, 0.1) is 12.0 Å². The zero-order chi connectivity index (χ0) is 10.0. The van der Waals surface area contributed by atoms with Crippen LogP contribution in [-0.4, -0.2) is 44.0 Å². The highest BCUT2D eigenvalue weighted by atomic mass is 16.5. The van der Waals surface area contributed by atoms with Crippen molar-refractivity contribution in [3.63, 3.8) is 0 Å². The van der Waals surface area contributed by atoms with E-state index in [-0.39, 0.29) is 5.41 Å². The summed E-state index contributed by atoms with van der Waals surface area (Å²) in [5.74, 6) is 0.793. The van der Waals surface area contributed by atoms with Gasteiger partial charge in [-0.2, -0.15) is 0 Å². The summed E-state index contributed by atoms with van der Waals surface area (Å²) in [4.78, 5) is 13.5. The maximum atomic E-state index is 11.1. The van der Waals surface area contributed by atoms with Crippen LogP contribution < -0.4 is 0 Å². The van der Waals surface area contributed by atoms with Crippen LogP contribution in [0.25, 0.3) is 0 Å². The monoisotopic (exact) mass is 197 g/mol. The second-order valence-corrected chi connectivity index (χ2v) is 4.91. The summed E-state index contributed by atoms with van der Waals surface area (Å²) in [6.45, 7) is 6.86. The first kappa shape index (κ1) is 10.1. The van der Waals surface area contributed by atoms with Gasteiger partial charge in [-0.3, -0.25) is 0 Å². The fraction of sp³-hybridized carbons (Fsp3) is 0.909. The molecule has 0 bridgehead atoms. The summed E-state index contributed by atoms with van der Waals surface area (Å²) < 4.78 is 5.33. The number of hydrogen-bond donors (Lipinski definition) is 0. The molecule has 0 radical (unpaired) electrons. The average molecular weight is 197 g/mol. The molecule has 2 atom stereocenters. The van der Waals surface area contributed by atoms with E-state index >= 15 is 0 Å². The van der Waals surface area contributed by atoms with Crippen molar-refractivity contribution < 1.29 is 9.53 Å². The van der Waals surface area contributed by atoms with E-state index < -0.39 is 0 Å². The van der Waals surface area contributed by atoms with Gasteiger partial charge < -0.3 is 14.4 Å². The minimum atomic E-state index is -0.190. The Morgan fingerprint density at radius 2 is 2.50 bits per heavy atom. The van der Waals surface area contributed by atoms with Crippen molar-refractivity contribution in [3.05, 3.63) is 0 Å². The Balaban J connectivity index is 1.91. The molecule has 0 saturated carbocycles. The Bertz CT molecular complexity index is 211. The third-order valence-corrected chi connectivity index (χ3v) is 3.43. The number of likely N-dealkylation sites (tertiary alicyclic amines) is 1. The highest BCUT2D eigenvalue weighted by Gasteiger charge is 2.37. The van der Waals surface area contributed by atoms with E-state index in [1.54, 1.807) is 0 Å². The first-order chi connectivity index (χ1) is 6.74. The lowest BCUT2D eigenvalue weighted by Crippen LogP contribution is -2.38. The minimum Gasteiger partial charge on any atom is -0.380 e. The normalized spacial score (nSPS) is 39.1. The topological polar surface area (TPSA) is 29.5 Å². The molecule has 80 valence electrons. The molecule has 2 unspecified atom stereocenters. The van der Waals surface area contributed by atoms with Gasteiger partial charge >= 0.3 is 0 Å². The van der Waals surface area contributed by atoms with Crippen molar-refractivity contribution >= 4 is 6.29 Å². The maximum absolute atomic E-state index is 11.1. The van der Waals surface area contributed by atoms with Gasteiger partial charge in [-0.05, 0) is 25.3 Å². The highest BCUT2D eigenvalue weighted by Crippen LogP contribution is 2.29. The fourth-order valence-electron chi connectivity index (χ4n) is 2.49. The first-order valence-electron chi connectivity index (χ1n) is 5.50. The molecular weight excluding hydrogens is 178 g/mol. The standard InChI is InChI=1S/C11H19NO2/c1-10-2-4-12(6-10)7-11(8-13)3-5-14-9-11/h8,10H,2-7,9H2,1H3. The molecule has 2 aliphatic heterocycles. The number of carbonyl (C=O) groups excluding carboxylic acids is 1. The van der Waals surface area contributed by atoms with E-state index in [1.807, 2.05) is 0 Å². The van der Waals surface area contributed by atoms with Crippen LogP contribution in [0.3, 0.4) is 0 Å². The molecule has 2 rings (SSSR count). The largest absolute Gasteiger partial charge is 0.380 e. The van der Waals surface area contributed by atoms with E-state index in [1.165, 1.54) is 6.42 Å². The molecule has 0 amide bonds. The van der Waals surface area contributed by atoms with Gasteiger partial charge in [0.25, 0.3) is 0 Å². The van der Waals surface area contributed by atoms with Crippen molar-refractivity contribution in [3.8, 4) is 0 Å². The number of rotatable bonds is 3. The van der Waals surface area contributed by atoms with Crippen LogP contribution in [0.5, 0.6) is 0 Å². The van der Waals surface area contributed by atoms with Crippen LogP contribution in [0, 0.1) is 11.3 Å². The number of aldehydes is 1. The number of carbonyl (C=O) groups is 1. The summed E-state index contributed by atoms with van der Waals surface area (Å²) in [5, 5.41) is 0. The molecule has 3 nitrogen and oxygen atoms in total. The molecule has 0 aromatic carbocycles. The van der Waals surface area contributed by atoms with Crippen molar-refractivity contribution in [2.75, 3.05) is 32.8 Å². The van der Waals surface area contributed by atoms with E-state index in [2.05, 4.69) is 11.8 Å². The number of hydrogen-bond acceptors (Lipinski definition) is 3. The molecule has 2 fully saturated rings. The number of nitrogens with zero attached hydrogens (tertiary/aromatic N) is 1. The smallest absolute Gasteiger partial charge is 0.129 e. The summed E-state index contributed by atoms with van der Waals surface area (Å²) in [5.41, 5.74) is -0.190. The highest BCUT2D eigenvalue weighted by molar-refractivity contribution is 5.60. The van der Waals surface area contributed by atoms with Crippen molar-refractivity contribution in [1.82, 2.24) is 4.90 Å². The maximum Gasteiger partial charge on any atom is 0.129 e. The Hall–Kier alpha value is -0.410. The summed E-state index contributed by atoms with van der Waals surface area (Å²) >= 11 is 0. The molecule has 2 heterocycles. The quantitative estimate of drug-likeness (QED) is 0.630. The van der Waals surface area contributed by atoms with Crippen LogP contribution in [0.2, 0.25) is 0 Å². The molecule has 0 N–H and O–H groups in total. The molecule has 0 aromatic heterocycles. The minimum absolute atomic E-state index is 0.190. The van der Waals surface area contributed by atoms with Gasteiger partial charge in [0.2, 0.25) is 0 Å². The Morgan fingerprint density at radius 1 is 1.64 bits per heavy atom. The van der Waals surface area contributed by atoms with Crippen LogP contribution in [0.1, 0.15) is 19.8 Å². The van der Waals surface area contributed by atoms with Gasteiger partial charge in [-0.1, -0.05) is 6.92 Å². The lowest BCUT2D eigenvalue weighted by Gasteiger charge is -2.26. The summed E-state index contributed by atoms with van der Waals surface area (Å²) in [6.07, 6.45) is 3.29. The molecule has 0 aromatic rings. The Kier molecular flexibility index (Phi) is 2.88. The van der Waals surface area contributed by atoms with Crippen molar-refractivity contribution in [2.45, 2.75) is 19.8 Å². The van der Waals surface area contributed by atoms with Crippen LogP contribution in [0.15, 0.2) is 0 Å². The van der Waals surface area contributed by atoms with Crippen molar-refractivity contribution in [2.24, 2.45) is 11.3 Å². The lowest BCUT2D eigenvalue weighted by atomic mass is 9.89. The van der Waals surface area contributed by atoms with Crippen LogP contribution in [-0.2, 0) is 9.53 Å². The molecular formula is C11H19NO2. The molecule has 0 spiro atoms. The summed E-state index contributed by atoms with van der Waals surface area (Å²) in [7, 11) is 0. The molecule has 3 heteroatoms. The summed E-state index contributed by atoms with van der Waals surface area (Å²) in [6, 6.07) is 0. The molecule has 2 saturated heterocycles. The fourth-order valence-corrected chi connectivity index (χ4v) is 2.49. The third kappa shape index (κ3) is 1.98. The Labute approximate surface area is 85.4 Å².